The van der Waals surface area contributed by atoms with Crippen molar-refractivity contribution in [3.05, 3.63) is 22.8 Å². The standard InChI is InChI=1S/C16H17NO4/c18-15(19)12-8-10-7-9-3-1-5-17-6-2-4-11(13(9)17)14(10)21-16(12)20/h7,12H,1-6,8H2,(H,18,19). The van der Waals surface area contributed by atoms with Gasteiger partial charge in [0, 0.05) is 30.8 Å². The number of ether oxygens (including phenoxy) is 1. The van der Waals surface area contributed by atoms with Crippen molar-refractivity contribution in [1.82, 2.24) is 0 Å². The molecule has 0 aliphatic carbocycles. The minimum atomic E-state index is -1.10. The Morgan fingerprint density at radius 2 is 2.00 bits per heavy atom. The van der Waals surface area contributed by atoms with E-state index in [1.54, 1.807) is 0 Å². The number of aryl methyl sites for hydroxylation is 1. The molecule has 5 nitrogen and oxygen atoms in total. The fourth-order valence-corrected chi connectivity index (χ4v) is 3.84. The molecule has 1 unspecified atom stereocenters. The van der Waals surface area contributed by atoms with Gasteiger partial charge in [-0.25, -0.2) is 0 Å². The molecule has 3 aliphatic rings. The highest BCUT2D eigenvalue weighted by Crippen LogP contribution is 2.44. The summed E-state index contributed by atoms with van der Waals surface area (Å²) in [5.74, 6) is -2.15. The van der Waals surface area contributed by atoms with Crippen molar-refractivity contribution >= 4 is 17.6 Å². The van der Waals surface area contributed by atoms with E-state index in [2.05, 4.69) is 11.0 Å². The molecule has 3 aliphatic heterocycles. The summed E-state index contributed by atoms with van der Waals surface area (Å²) in [6, 6.07) is 2.06. The summed E-state index contributed by atoms with van der Waals surface area (Å²) in [6.45, 7) is 2.12. The van der Waals surface area contributed by atoms with Crippen LogP contribution in [0.4, 0.5) is 5.69 Å². The van der Waals surface area contributed by atoms with Crippen LogP contribution in [0.2, 0.25) is 0 Å². The molecule has 3 heterocycles. The Kier molecular flexibility index (Phi) is 2.71. The van der Waals surface area contributed by atoms with Crippen LogP contribution in [0.3, 0.4) is 0 Å². The SMILES string of the molecule is O=C(O)C1Cc2cc3c4c(c2OC1=O)CCCN4CCC3. The van der Waals surface area contributed by atoms with E-state index in [0.717, 1.165) is 49.9 Å². The van der Waals surface area contributed by atoms with E-state index in [0.29, 0.717) is 5.75 Å². The molecule has 0 fully saturated rings. The number of hydrogen-bond acceptors (Lipinski definition) is 4. The van der Waals surface area contributed by atoms with Gasteiger partial charge in [-0.3, -0.25) is 9.59 Å². The first-order valence-corrected chi connectivity index (χ1v) is 7.52. The zero-order valence-electron chi connectivity index (χ0n) is 11.7. The largest absolute Gasteiger partial charge is 0.481 e. The lowest BCUT2D eigenvalue weighted by Gasteiger charge is -2.39. The third kappa shape index (κ3) is 1.83. The molecule has 0 spiro atoms. The topological polar surface area (TPSA) is 66.8 Å². The number of nitrogens with zero attached hydrogens (tertiary/aromatic N) is 1. The summed E-state index contributed by atoms with van der Waals surface area (Å²) < 4.78 is 5.43. The van der Waals surface area contributed by atoms with Crippen molar-refractivity contribution in [2.24, 2.45) is 5.92 Å². The first-order chi connectivity index (χ1) is 10.1. The van der Waals surface area contributed by atoms with Crippen LogP contribution >= 0.6 is 0 Å². The molecule has 0 bridgehead atoms. The van der Waals surface area contributed by atoms with Crippen molar-refractivity contribution in [3.8, 4) is 5.75 Å². The molecule has 0 saturated heterocycles. The van der Waals surface area contributed by atoms with Gasteiger partial charge in [0.2, 0.25) is 0 Å². The Hall–Kier alpha value is -2.04. The highest BCUT2D eigenvalue weighted by molar-refractivity contribution is 5.97. The molecule has 0 saturated carbocycles. The Morgan fingerprint density at radius 1 is 1.24 bits per heavy atom. The molecule has 5 heteroatoms. The van der Waals surface area contributed by atoms with E-state index in [-0.39, 0.29) is 6.42 Å². The second-order valence-electron chi connectivity index (χ2n) is 6.06. The van der Waals surface area contributed by atoms with Crippen LogP contribution in [0.15, 0.2) is 6.07 Å². The van der Waals surface area contributed by atoms with Crippen LogP contribution in [0.25, 0.3) is 0 Å². The molecular formula is C16H17NO4. The predicted octanol–water partition coefficient (Wildman–Crippen LogP) is 1.55. The van der Waals surface area contributed by atoms with Gasteiger partial charge >= 0.3 is 11.9 Å². The van der Waals surface area contributed by atoms with Crippen molar-refractivity contribution < 1.29 is 19.4 Å². The number of rotatable bonds is 1. The van der Waals surface area contributed by atoms with Gasteiger partial charge in [-0.2, -0.15) is 0 Å². The quantitative estimate of drug-likeness (QED) is 0.482. The van der Waals surface area contributed by atoms with E-state index < -0.39 is 17.9 Å². The number of esters is 1. The molecule has 1 aromatic carbocycles. The number of carboxylic acids is 1. The van der Waals surface area contributed by atoms with E-state index >= 15 is 0 Å². The van der Waals surface area contributed by atoms with Crippen molar-refractivity contribution in [2.45, 2.75) is 32.1 Å². The van der Waals surface area contributed by atoms with Gasteiger partial charge in [-0.1, -0.05) is 0 Å². The second-order valence-corrected chi connectivity index (χ2v) is 6.06. The van der Waals surface area contributed by atoms with Gasteiger partial charge in [0.25, 0.3) is 0 Å². The number of carbonyl (C=O) groups is 2. The Labute approximate surface area is 122 Å². The van der Waals surface area contributed by atoms with Crippen LogP contribution in [0.5, 0.6) is 5.75 Å². The first-order valence-electron chi connectivity index (χ1n) is 7.52. The number of carbonyl (C=O) groups excluding carboxylic acids is 1. The Bertz CT molecular complexity index is 650. The second kappa shape index (κ2) is 4.48. The monoisotopic (exact) mass is 287 g/mol. The highest BCUT2D eigenvalue weighted by atomic mass is 16.5. The third-order valence-corrected chi connectivity index (χ3v) is 4.76. The highest BCUT2D eigenvalue weighted by Gasteiger charge is 2.38. The summed E-state index contributed by atoms with van der Waals surface area (Å²) >= 11 is 0. The molecule has 0 aromatic heterocycles. The zero-order chi connectivity index (χ0) is 14.6. The molecule has 1 N–H and O–H groups in total. The molecule has 0 amide bonds. The van der Waals surface area contributed by atoms with Gasteiger partial charge in [0.15, 0.2) is 5.92 Å². The number of benzene rings is 1. The molecule has 21 heavy (non-hydrogen) atoms. The van der Waals surface area contributed by atoms with Gasteiger partial charge in [0.05, 0.1) is 0 Å². The lowest BCUT2D eigenvalue weighted by molar-refractivity contribution is -0.153. The minimum Gasteiger partial charge on any atom is -0.481 e. The van der Waals surface area contributed by atoms with Crippen molar-refractivity contribution in [2.75, 3.05) is 18.0 Å². The van der Waals surface area contributed by atoms with E-state index in [1.165, 1.54) is 11.3 Å². The van der Waals surface area contributed by atoms with Crippen LogP contribution in [-0.2, 0) is 28.9 Å². The number of carboxylic acid groups (broad SMARTS) is 1. The lowest BCUT2D eigenvalue weighted by atomic mass is 9.85. The third-order valence-electron chi connectivity index (χ3n) is 4.76. The average Bonchev–Trinajstić information content (AvgIpc) is 2.48. The smallest absolute Gasteiger partial charge is 0.326 e. The fourth-order valence-electron chi connectivity index (χ4n) is 3.84. The van der Waals surface area contributed by atoms with E-state index in [1.807, 2.05) is 0 Å². The fraction of sp³-hybridized carbons (Fsp3) is 0.500. The summed E-state index contributed by atoms with van der Waals surface area (Å²) in [5, 5.41) is 9.14. The number of hydrogen-bond donors (Lipinski definition) is 1. The summed E-state index contributed by atoms with van der Waals surface area (Å²) in [6.07, 6.45) is 4.38. The molecule has 4 rings (SSSR count). The zero-order valence-corrected chi connectivity index (χ0v) is 11.7. The molecule has 110 valence electrons. The van der Waals surface area contributed by atoms with Gasteiger partial charge in [-0.05, 0) is 42.9 Å². The Balaban J connectivity index is 1.86. The van der Waals surface area contributed by atoms with Crippen LogP contribution in [0.1, 0.15) is 29.5 Å². The lowest BCUT2D eigenvalue weighted by Crippen LogP contribution is -2.38. The maximum absolute atomic E-state index is 11.9. The van der Waals surface area contributed by atoms with Crippen molar-refractivity contribution in [3.63, 3.8) is 0 Å². The summed E-state index contributed by atoms with van der Waals surface area (Å²) in [5.41, 5.74) is 4.54. The Morgan fingerprint density at radius 3 is 2.76 bits per heavy atom. The molecule has 0 radical (unpaired) electrons. The molecule has 1 aromatic rings. The van der Waals surface area contributed by atoms with Gasteiger partial charge in [0.1, 0.15) is 5.75 Å². The van der Waals surface area contributed by atoms with Crippen LogP contribution in [-0.4, -0.2) is 30.1 Å². The number of anilines is 1. The van der Waals surface area contributed by atoms with Crippen LogP contribution < -0.4 is 9.64 Å². The normalized spacial score (nSPS) is 23.1. The maximum atomic E-state index is 11.9. The van der Waals surface area contributed by atoms with Gasteiger partial charge < -0.3 is 14.7 Å². The van der Waals surface area contributed by atoms with E-state index in [4.69, 9.17) is 9.84 Å². The van der Waals surface area contributed by atoms with Crippen LogP contribution in [0, 0.1) is 5.92 Å². The minimum absolute atomic E-state index is 0.254. The average molecular weight is 287 g/mol. The van der Waals surface area contributed by atoms with E-state index in [9.17, 15) is 9.59 Å². The molecule has 1 atom stereocenters. The van der Waals surface area contributed by atoms with Crippen molar-refractivity contribution in [1.29, 1.82) is 0 Å². The summed E-state index contributed by atoms with van der Waals surface area (Å²) in [7, 11) is 0. The predicted molar refractivity (Wildman–Crippen MR) is 75.8 cm³/mol. The first kappa shape index (κ1) is 12.7. The number of aliphatic carboxylic acids is 1. The molecular weight excluding hydrogens is 270 g/mol. The van der Waals surface area contributed by atoms with Gasteiger partial charge in [-0.15, -0.1) is 0 Å². The summed E-state index contributed by atoms with van der Waals surface area (Å²) in [4.78, 5) is 25.5. The number of fused-ring (bicyclic) bond motifs is 2. The maximum Gasteiger partial charge on any atom is 0.326 e.